The van der Waals surface area contributed by atoms with Gasteiger partial charge in [0.15, 0.2) is 15.7 Å². The van der Waals surface area contributed by atoms with E-state index in [4.69, 9.17) is 0 Å². The number of carbonyl (C=O) groups excluding carboxylic acids is 1. The van der Waals surface area contributed by atoms with E-state index in [9.17, 15) is 17.6 Å². The molecular weight excluding hydrogens is 399 g/mol. The molecule has 1 aliphatic rings. The van der Waals surface area contributed by atoms with Gasteiger partial charge in [-0.15, -0.1) is 12.4 Å². The minimum absolute atomic E-state index is 0. The molecule has 5 nitrogen and oxygen atoms in total. The summed E-state index contributed by atoms with van der Waals surface area (Å²) in [6, 6.07) is 2.41. The zero-order valence-corrected chi connectivity index (χ0v) is 15.3. The van der Waals surface area contributed by atoms with Gasteiger partial charge < -0.3 is 10.2 Å². The molecule has 1 aromatic carbocycles. The van der Waals surface area contributed by atoms with Gasteiger partial charge >= 0.3 is 0 Å². The maximum Gasteiger partial charge on any atom is 0.257 e. The fourth-order valence-corrected chi connectivity index (χ4v) is 3.67. The number of halogens is 3. The van der Waals surface area contributed by atoms with E-state index in [-0.39, 0.29) is 24.0 Å². The molecule has 1 heterocycles. The first-order valence-electron chi connectivity index (χ1n) is 6.42. The number of sulfone groups is 1. The molecule has 1 amide bonds. The van der Waals surface area contributed by atoms with Crippen molar-refractivity contribution in [2.24, 2.45) is 0 Å². The largest absolute Gasteiger partial charge is 0.333 e. The first kappa shape index (κ1) is 19.3. The molecule has 0 spiro atoms. The number of rotatable bonds is 2. The summed E-state index contributed by atoms with van der Waals surface area (Å²) in [5, 5.41) is 3.14. The van der Waals surface area contributed by atoms with E-state index in [0.717, 1.165) is 6.26 Å². The van der Waals surface area contributed by atoms with E-state index in [2.05, 4.69) is 21.2 Å². The van der Waals surface area contributed by atoms with Crippen LogP contribution in [0.15, 0.2) is 21.5 Å². The van der Waals surface area contributed by atoms with Crippen LogP contribution in [0.2, 0.25) is 0 Å². The quantitative estimate of drug-likeness (QED) is 0.800. The summed E-state index contributed by atoms with van der Waals surface area (Å²) in [4.78, 5) is 13.6. The Morgan fingerprint density at radius 1 is 1.45 bits per heavy atom. The van der Waals surface area contributed by atoms with Crippen molar-refractivity contribution in [2.75, 3.05) is 25.9 Å². The van der Waals surface area contributed by atoms with Gasteiger partial charge in [0.05, 0.1) is 5.56 Å². The molecular formula is C13H17BrClFN2O3S. The Balaban J connectivity index is 0.00000242. The Hall–Kier alpha value is -0.700. The molecule has 1 atom stereocenters. The Labute approximate surface area is 143 Å². The Kier molecular flexibility index (Phi) is 6.37. The minimum Gasteiger partial charge on any atom is -0.333 e. The molecule has 22 heavy (non-hydrogen) atoms. The van der Waals surface area contributed by atoms with Gasteiger partial charge in [-0.1, -0.05) is 15.9 Å². The highest BCUT2D eigenvalue weighted by molar-refractivity contribution is 9.10. The standard InChI is InChI=1S/C13H16BrFN2O3S.ClH/c1-8-7-16-3-4-17(8)13(18)10-5-9(14)6-11(12(10)15)21(2,19)20;/h5-6,8,16H,3-4,7H2,1-2H3;1H/t8-;/m0./s1. The number of hydrogen-bond acceptors (Lipinski definition) is 4. The maximum atomic E-state index is 14.4. The van der Waals surface area contributed by atoms with Gasteiger partial charge in [0.25, 0.3) is 5.91 Å². The molecule has 0 aliphatic carbocycles. The maximum absolute atomic E-state index is 14.4. The number of carbonyl (C=O) groups is 1. The van der Waals surface area contributed by atoms with Crippen LogP contribution < -0.4 is 5.32 Å². The smallest absolute Gasteiger partial charge is 0.257 e. The van der Waals surface area contributed by atoms with Crippen LogP contribution in [0.3, 0.4) is 0 Å². The highest BCUT2D eigenvalue weighted by atomic mass is 79.9. The fraction of sp³-hybridized carbons (Fsp3) is 0.462. The second-order valence-electron chi connectivity index (χ2n) is 5.09. The first-order valence-corrected chi connectivity index (χ1v) is 9.11. The molecule has 0 bridgehead atoms. The van der Waals surface area contributed by atoms with Crippen LogP contribution in [0, 0.1) is 5.82 Å². The van der Waals surface area contributed by atoms with E-state index < -0.39 is 26.5 Å². The molecule has 1 aromatic rings. The number of nitrogens with one attached hydrogen (secondary N) is 1. The Bertz CT molecular complexity index is 684. The summed E-state index contributed by atoms with van der Waals surface area (Å²) < 4.78 is 38.0. The average molecular weight is 416 g/mol. The SMILES string of the molecule is C[C@H]1CNCCN1C(=O)c1cc(Br)cc(S(C)(=O)=O)c1F.Cl. The zero-order chi connectivity index (χ0) is 15.8. The predicted octanol–water partition coefficient (Wildman–Crippen LogP) is 1.85. The van der Waals surface area contributed by atoms with Crippen molar-refractivity contribution in [1.82, 2.24) is 10.2 Å². The van der Waals surface area contributed by atoms with Crippen molar-refractivity contribution < 1.29 is 17.6 Å². The summed E-state index contributed by atoms with van der Waals surface area (Å²) in [6.07, 6.45) is 0.916. The van der Waals surface area contributed by atoms with Crippen LogP contribution in [0.1, 0.15) is 17.3 Å². The first-order chi connectivity index (χ1) is 9.71. The van der Waals surface area contributed by atoms with E-state index >= 15 is 0 Å². The summed E-state index contributed by atoms with van der Waals surface area (Å²) in [5.41, 5.74) is -0.224. The van der Waals surface area contributed by atoms with Crippen molar-refractivity contribution >= 4 is 44.1 Å². The van der Waals surface area contributed by atoms with E-state index in [1.165, 1.54) is 12.1 Å². The lowest BCUT2D eigenvalue weighted by Gasteiger charge is -2.34. The molecule has 124 valence electrons. The minimum atomic E-state index is -3.74. The van der Waals surface area contributed by atoms with Crippen LogP contribution in [-0.2, 0) is 9.84 Å². The molecule has 0 unspecified atom stereocenters. The molecule has 9 heteroatoms. The molecule has 2 rings (SSSR count). The summed E-state index contributed by atoms with van der Waals surface area (Å²) in [6.45, 7) is 3.57. The number of benzene rings is 1. The van der Waals surface area contributed by atoms with Crippen molar-refractivity contribution in [1.29, 1.82) is 0 Å². The van der Waals surface area contributed by atoms with Crippen molar-refractivity contribution in [3.05, 3.63) is 28.0 Å². The third-order valence-electron chi connectivity index (χ3n) is 3.40. The van der Waals surface area contributed by atoms with Crippen molar-refractivity contribution in [3.8, 4) is 0 Å². The summed E-state index contributed by atoms with van der Waals surface area (Å²) >= 11 is 3.13. The van der Waals surface area contributed by atoms with E-state index in [1.807, 2.05) is 6.92 Å². The van der Waals surface area contributed by atoms with Crippen LogP contribution in [0.25, 0.3) is 0 Å². The van der Waals surface area contributed by atoms with Gasteiger partial charge in [0.1, 0.15) is 4.90 Å². The lowest BCUT2D eigenvalue weighted by atomic mass is 10.1. The number of hydrogen-bond donors (Lipinski definition) is 1. The Morgan fingerprint density at radius 3 is 2.64 bits per heavy atom. The number of amides is 1. The lowest BCUT2D eigenvalue weighted by molar-refractivity contribution is 0.0650. The number of piperazine rings is 1. The van der Waals surface area contributed by atoms with Gasteiger partial charge in [0.2, 0.25) is 0 Å². The highest BCUT2D eigenvalue weighted by Crippen LogP contribution is 2.25. The molecule has 0 radical (unpaired) electrons. The second kappa shape index (κ2) is 7.25. The summed E-state index contributed by atoms with van der Waals surface area (Å²) in [5.74, 6) is -1.48. The normalized spacial score (nSPS) is 18.7. The summed E-state index contributed by atoms with van der Waals surface area (Å²) in [7, 11) is -3.74. The molecule has 0 aromatic heterocycles. The third kappa shape index (κ3) is 3.98. The van der Waals surface area contributed by atoms with Crippen LogP contribution in [-0.4, -0.2) is 51.2 Å². The van der Waals surface area contributed by atoms with Gasteiger partial charge in [-0.2, -0.15) is 0 Å². The van der Waals surface area contributed by atoms with Gasteiger partial charge in [0, 0.05) is 36.4 Å². The van der Waals surface area contributed by atoms with Gasteiger partial charge in [-0.25, -0.2) is 12.8 Å². The van der Waals surface area contributed by atoms with E-state index in [1.54, 1.807) is 4.90 Å². The van der Waals surface area contributed by atoms with Crippen LogP contribution in [0.4, 0.5) is 4.39 Å². The topological polar surface area (TPSA) is 66.5 Å². The second-order valence-corrected chi connectivity index (χ2v) is 7.99. The highest BCUT2D eigenvalue weighted by Gasteiger charge is 2.29. The fourth-order valence-electron chi connectivity index (χ4n) is 2.29. The molecule has 1 fully saturated rings. The lowest BCUT2D eigenvalue weighted by Crippen LogP contribution is -2.52. The molecule has 0 saturated carbocycles. The van der Waals surface area contributed by atoms with Gasteiger partial charge in [-0.05, 0) is 19.1 Å². The van der Waals surface area contributed by atoms with E-state index in [0.29, 0.717) is 24.1 Å². The molecule has 1 saturated heterocycles. The number of nitrogens with zero attached hydrogens (tertiary/aromatic N) is 1. The Morgan fingerprint density at radius 2 is 2.09 bits per heavy atom. The monoisotopic (exact) mass is 414 g/mol. The predicted molar refractivity (Wildman–Crippen MR) is 87.8 cm³/mol. The molecule has 1 N–H and O–H groups in total. The van der Waals surface area contributed by atoms with Crippen molar-refractivity contribution in [3.63, 3.8) is 0 Å². The van der Waals surface area contributed by atoms with Gasteiger partial charge in [-0.3, -0.25) is 4.79 Å². The zero-order valence-electron chi connectivity index (χ0n) is 12.1. The average Bonchev–Trinajstić information content (AvgIpc) is 2.39. The van der Waals surface area contributed by atoms with Crippen LogP contribution in [0.5, 0.6) is 0 Å². The van der Waals surface area contributed by atoms with Crippen molar-refractivity contribution in [2.45, 2.75) is 17.9 Å². The molecule has 1 aliphatic heterocycles. The third-order valence-corrected chi connectivity index (χ3v) is 4.95. The van der Waals surface area contributed by atoms with Crippen LogP contribution >= 0.6 is 28.3 Å².